The molecular formula is C7H13NO2. The average Bonchev–Trinajstić information content (AvgIpc) is 2.09. The molecule has 0 aliphatic carbocycles. The molecule has 0 aromatic rings. The van der Waals surface area contributed by atoms with Gasteiger partial charge in [-0.15, -0.1) is 0 Å². The zero-order chi connectivity index (χ0) is 7.72. The lowest BCUT2D eigenvalue weighted by atomic mass is 10.1. The van der Waals surface area contributed by atoms with Crippen LogP contribution in [0.25, 0.3) is 0 Å². The summed E-state index contributed by atoms with van der Waals surface area (Å²) >= 11 is 0. The van der Waals surface area contributed by atoms with Crippen LogP contribution in [0.15, 0.2) is 0 Å². The first-order valence-electron chi connectivity index (χ1n) is 3.45. The van der Waals surface area contributed by atoms with Crippen molar-refractivity contribution in [3.05, 3.63) is 0 Å². The number of amides is 1. The summed E-state index contributed by atoms with van der Waals surface area (Å²) in [6.07, 6.45) is 0.613. The Bertz CT molecular complexity index is 147. The lowest BCUT2D eigenvalue weighted by Gasteiger charge is -2.20. The number of methoxy groups -OCH3 is 1. The predicted molar refractivity (Wildman–Crippen MR) is 37.3 cm³/mol. The maximum absolute atomic E-state index is 11.0. The topological polar surface area (TPSA) is 29.5 Å². The van der Waals surface area contributed by atoms with E-state index in [2.05, 4.69) is 0 Å². The largest absolute Gasteiger partial charge is 0.361 e. The maximum atomic E-state index is 11.0. The van der Waals surface area contributed by atoms with Crippen molar-refractivity contribution in [3.63, 3.8) is 0 Å². The van der Waals surface area contributed by atoms with Gasteiger partial charge in [0.05, 0.1) is 0 Å². The number of nitrogens with zero attached hydrogens (tertiary/aromatic N) is 1. The van der Waals surface area contributed by atoms with Crippen LogP contribution < -0.4 is 0 Å². The molecule has 0 bridgehead atoms. The van der Waals surface area contributed by atoms with Crippen LogP contribution in [0.2, 0.25) is 0 Å². The second-order valence-electron chi connectivity index (χ2n) is 2.81. The van der Waals surface area contributed by atoms with Gasteiger partial charge in [-0.2, -0.15) is 0 Å². The Labute approximate surface area is 61.0 Å². The highest BCUT2D eigenvalue weighted by Crippen LogP contribution is 2.23. The Morgan fingerprint density at radius 1 is 1.70 bits per heavy atom. The second-order valence-corrected chi connectivity index (χ2v) is 2.81. The number of hydrogen-bond donors (Lipinski definition) is 0. The smallest absolute Gasteiger partial charge is 0.224 e. The third-order valence-electron chi connectivity index (χ3n) is 2.00. The van der Waals surface area contributed by atoms with E-state index in [9.17, 15) is 4.79 Å². The van der Waals surface area contributed by atoms with Gasteiger partial charge in [0, 0.05) is 26.5 Å². The molecule has 3 nitrogen and oxygen atoms in total. The van der Waals surface area contributed by atoms with Crippen molar-refractivity contribution in [2.75, 3.05) is 14.2 Å². The number of likely N-dealkylation sites (tertiary alicyclic amines) is 1. The van der Waals surface area contributed by atoms with Crippen LogP contribution in [0.4, 0.5) is 0 Å². The quantitative estimate of drug-likeness (QED) is 0.533. The predicted octanol–water partition coefficient (Wildman–Crippen LogP) is 0.457. The van der Waals surface area contributed by atoms with Crippen LogP contribution in [0.3, 0.4) is 0 Å². The van der Waals surface area contributed by atoms with Gasteiger partial charge >= 0.3 is 0 Å². The molecule has 1 amide bonds. The monoisotopic (exact) mass is 143 g/mol. The van der Waals surface area contributed by atoms with Crippen LogP contribution in [-0.2, 0) is 9.53 Å². The van der Waals surface area contributed by atoms with Crippen molar-refractivity contribution in [1.29, 1.82) is 0 Å². The molecule has 58 valence electrons. The van der Waals surface area contributed by atoms with Crippen molar-refractivity contribution >= 4 is 5.91 Å². The van der Waals surface area contributed by atoms with E-state index in [1.54, 1.807) is 19.1 Å². The standard InChI is InChI=1S/C7H13NO2/c1-5-4-6(9)8(2)7(5)10-3/h5,7H,4H2,1-3H3. The summed E-state index contributed by atoms with van der Waals surface area (Å²) in [5, 5.41) is 0. The van der Waals surface area contributed by atoms with E-state index in [-0.39, 0.29) is 12.1 Å². The molecule has 0 saturated carbocycles. The van der Waals surface area contributed by atoms with E-state index < -0.39 is 0 Å². The molecule has 1 rings (SSSR count). The van der Waals surface area contributed by atoms with Crippen molar-refractivity contribution in [2.24, 2.45) is 5.92 Å². The molecule has 2 unspecified atom stereocenters. The SMILES string of the molecule is COC1C(C)CC(=O)N1C. The van der Waals surface area contributed by atoms with Gasteiger partial charge in [-0.3, -0.25) is 4.79 Å². The molecule has 1 heterocycles. The van der Waals surface area contributed by atoms with Gasteiger partial charge < -0.3 is 9.64 Å². The molecule has 0 spiro atoms. The second kappa shape index (κ2) is 2.58. The maximum Gasteiger partial charge on any atom is 0.224 e. The molecular weight excluding hydrogens is 130 g/mol. The van der Waals surface area contributed by atoms with Crippen molar-refractivity contribution < 1.29 is 9.53 Å². The van der Waals surface area contributed by atoms with Crippen LogP contribution in [0.1, 0.15) is 13.3 Å². The summed E-state index contributed by atoms with van der Waals surface area (Å²) in [6, 6.07) is 0. The van der Waals surface area contributed by atoms with Crippen molar-refractivity contribution in [1.82, 2.24) is 4.90 Å². The van der Waals surface area contributed by atoms with Gasteiger partial charge in [0.1, 0.15) is 6.23 Å². The van der Waals surface area contributed by atoms with Gasteiger partial charge in [-0.1, -0.05) is 6.92 Å². The normalized spacial score (nSPS) is 33.5. The zero-order valence-electron chi connectivity index (χ0n) is 6.63. The molecule has 0 aromatic carbocycles. The molecule has 3 heteroatoms. The first-order valence-corrected chi connectivity index (χ1v) is 3.45. The van der Waals surface area contributed by atoms with Crippen molar-refractivity contribution in [2.45, 2.75) is 19.6 Å². The first-order chi connectivity index (χ1) is 4.66. The van der Waals surface area contributed by atoms with Gasteiger partial charge in [-0.25, -0.2) is 0 Å². The lowest BCUT2D eigenvalue weighted by molar-refractivity contribution is -0.132. The van der Waals surface area contributed by atoms with Crippen LogP contribution in [-0.4, -0.2) is 31.2 Å². The van der Waals surface area contributed by atoms with Crippen LogP contribution >= 0.6 is 0 Å². The van der Waals surface area contributed by atoms with E-state index in [0.29, 0.717) is 12.3 Å². The van der Waals surface area contributed by atoms with Crippen LogP contribution in [0, 0.1) is 5.92 Å². The Morgan fingerprint density at radius 3 is 2.50 bits per heavy atom. The summed E-state index contributed by atoms with van der Waals surface area (Å²) < 4.78 is 5.11. The number of ether oxygens (including phenoxy) is 1. The Hall–Kier alpha value is -0.570. The third kappa shape index (κ3) is 1.01. The zero-order valence-corrected chi connectivity index (χ0v) is 6.63. The Morgan fingerprint density at radius 2 is 2.30 bits per heavy atom. The minimum Gasteiger partial charge on any atom is -0.361 e. The fourth-order valence-corrected chi connectivity index (χ4v) is 1.43. The highest BCUT2D eigenvalue weighted by atomic mass is 16.5. The summed E-state index contributed by atoms with van der Waals surface area (Å²) in [4.78, 5) is 12.7. The molecule has 1 aliphatic heterocycles. The summed E-state index contributed by atoms with van der Waals surface area (Å²) in [5.41, 5.74) is 0. The van der Waals surface area contributed by atoms with Crippen molar-refractivity contribution in [3.8, 4) is 0 Å². The van der Waals surface area contributed by atoms with E-state index >= 15 is 0 Å². The molecule has 1 aliphatic rings. The minimum atomic E-state index is -0.00694. The van der Waals surface area contributed by atoms with E-state index in [0.717, 1.165) is 0 Å². The molecule has 10 heavy (non-hydrogen) atoms. The number of hydrogen-bond acceptors (Lipinski definition) is 2. The van der Waals surface area contributed by atoms with Gasteiger partial charge in [-0.05, 0) is 0 Å². The third-order valence-corrected chi connectivity index (χ3v) is 2.00. The molecule has 1 fully saturated rings. The van der Waals surface area contributed by atoms with E-state index in [1.807, 2.05) is 6.92 Å². The van der Waals surface area contributed by atoms with E-state index in [1.165, 1.54) is 0 Å². The van der Waals surface area contributed by atoms with Gasteiger partial charge in [0.25, 0.3) is 0 Å². The van der Waals surface area contributed by atoms with E-state index in [4.69, 9.17) is 4.74 Å². The Balaban J connectivity index is 2.64. The number of carbonyl (C=O) groups is 1. The molecule has 0 radical (unpaired) electrons. The summed E-state index contributed by atoms with van der Waals surface area (Å²) in [6.45, 7) is 2.02. The highest BCUT2D eigenvalue weighted by molar-refractivity contribution is 5.78. The van der Waals surface area contributed by atoms with Gasteiger partial charge in [0.2, 0.25) is 5.91 Å². The molecule has 1 saturated heterocycles. The van der Waals surface area contributed by atoms with Crippen LogP contribution in [0.5, 0.6) is 0 Å². The average molecular weight is 143 g/mol. The lowest BCUT2D eigenvalue weighted by Crippen LogP contribution is -2.32. The molecule has 2 atom stereocenters. The van der Waals surface area contributed by atoms with Gasteiger partial charge in [0.15, 0.2) is 0 Å². The highest BCUT2D eigenvalue weighted by Gasteiger charge is 2.34. The molecule has 0 aromatic heterocycles. The number of carbonyl (C=O) groups excluding carboxylic acids is 1. The molecule has 0 N–H and O–H groups in total. The minimum absolute atomic E-state index is 0.00694. The fraction of sp³-hybridized carbons (Fsp3) is 0.857. The Kier molecular flexibility index (Phi) is 1.94. The fourth-order valence-electron chi connectivity index (χ4n) is 1.43. The summed E-state index contributed by atoms with van der Waals surface area (Å²) in [7, 11) is 3.41. The first kappa shape index (κ1) is 7.54. The number of rotatable bonds is 1. The summed E-state index contributed by atoms with van der Waals surface area (Å²) in [5.74, 6) is 0.516.